The van der Waals surface area contributed by atoms with Crippen LogP contribution in [0.25, 0.3) is 0 Å². The molecule has 0 unspecified atom stereocenters. The number of ether oxygens (including phenoxy) is 1. The lowest BCUT2D eigenvalue weighted by Gasteiger charge is -2.08. The van der Waals surface area contributed by atoms with Crippen LogP contribution in [0.2, 0.25) is 0 Å². The fourth-order valence-corrected chi connectivity index (χ4v) is 2.01. The lowest BCUT2D eigenvalue weighted by atomic mass is 10.3. The average Bonchev–Trinajstić information content (AvgIpc) is 2.97. The molecule has 0 atom stereocenters. The van der Waals surface area contributed by atoms with E-state index < -0.39 is 0 Å². The highest BCUT2D eigenvalue weighted by atomic mass is 32.1. The Morgan fingerprint density at radius 3 is 3.15 bits per heavy atom. The summed E-state index contributed by atoms with van der Waals surface area (Å²) in [6.07, 6.45) is 1.62. The minimum absolute atomic E-state index is 0.276. The van der Waals surface area contributed by atoms with E-state index in [1.807, 2.05) is 17.5 Å². The Bertz CT molecular complexity index is 570. The summed E-state index contributed by atoms with van der Waals surface area (Å²) in [6, 6.07) is 6.93. The van der Waals surface area contributed by atoms with Crippen molar-refractivity contribution in [2.45, 2.75) is 6.61 Å². The maximum atomic E-state index is 11.5. The molecule has 0 saturated carbocycles. The molecular formula is C14H15N3O2S. The average molecular weight is 289 g/mol. The zero-order valence-corrected chi connectivity index (χ0v) is 11.7. The highest BCUT2D eigenvalue weighted by Gasteiger charge is 2.02. The molecule has 104 valence electrons. The molecule has 0 fully saturated rings. The zero-order valence-electron chi connectivity index (χ0n) is 10.8. The van der Waals surface area contributed by atoms with Crippen molar-refractivity contribution in [3.8, 4) is 5.75 Å². The molecule has 0 aliphatic carbocycles. The third-order valence-corrected chi connectivity index (χ3v) is 3.00. The topological polar surface area (TPSA) is 63.2 Å². The van der Waals surface area contributed by atoms with Gasteiger partial charge in [-0.05, 0) is 12.1 Å². The molecule has 2 aromatic rings. The summed E-state index contributed by atoms with van der Waals surface area (Å²) < 4.78 is 5.61. The van der Waals surface area contributed by atoms with Crippen molar-refractivity contribution in [2.75, 3.05) is 11.9 Å². The van der Waals surface area contributed by atoms with Gasteiger partial charge in [-0.1, -0.05) is 12.1 Å². The SMILES string of the molecule is C=CCNC(=O)Nc1cccc(OCc2cscn2)c1. The second kappa shape index (κ2) is 7.30. The van der Waals surface area contributed by atoms with Crippen LogP contribution in [0.15, 0.2) is 47.8 Å². The molecule has 6 heteroatoms. The van der Waals surface area contributed by atoms with Crippen molar-refractivity contribution in [1.29, 1.82) is 0 Å². The van der Waals surface area contributed by atoms with E-state index in [0.29, 0.717) is 24.6 Å². The van der Waals surface area contributed by atoms with Crippen LogP contribution in [0.3, 0.4) is 0 Å². The highest BCUT2D eigenvalue weighted by molar-refractivity contribution is 7.07. The predicted octanol–water partition coefficient (Wildman–Crippen LogP) is 3.03. The first-order valence-electron chi connectivity index (χ1n) is 6.03. The molecule has 0 saturated heterocycles. The van der Waals surface area contributed by atoms with E-state index in [1.165, 1.54) is 11.3 Å². The molecule has 1 heterocycles. The summed E-state index contributed by atoms with van der Waals surface area (Å²) in [7, 11) is 0. The zero-order chi connectivity index (χ0) is 14.2. The van der Waals surface area contributed by atoms with Gasteiger partial charge in [0.05, 0.1) is 11.2 Å². The number of rotatable bonds is 6. The first-order chi connectivity index (χ1) is 9.78. The molecule has 0 aliphatic rings. The first-order valence-corrected chi connectivity index (χ1v) is 6.98. The van der Waals surface area contributed by atoms with Crippen LogP contribution in [-0.2, 0) is 6.61 Å². The summed E-state index contributed by atoms with van der Waals surface area (Å²) in [5, 5.41) is 7.29. The Kier molecular flexibility index (Phi) is 5.14. The Balaban J connectivity index is 1.90. The molecule has 20 heavy (non-hydrogen) atoms. The smallest absolute Gasteiger partial charge is 0.319 e. The molecule has 0 spiro atoms. The van der Waals surface area contributed by atoms with Gasteiger partial charge in [-0.15, -0.1) is 17.9 Å². The minimum Gasteiger partial charge on any atom is -0.487 e. The minimum atomic E-state index is -0.276. The van der Waals surface area contributed by atoms with E-state index >= 15 is 0 Å². The third kappa shape index (κ3) is 4.40. The standard InChI is InChI=1S/C14H15N3O2S/c1-2-6-15-14(18)17-11-4-3-5-13(7-11)19-8-12-9-20-10-16-12/h2-5,7,9-10H,1,6,8H2,(H2,15,17,18). The Hall–Kier alpha value is -2.34. The van der Waals surface area contributed by atoms with Gasteiger partial charge in [0, 0.05) is 23.7 Å². The van der Waals surface area contributed by atoms with Crippen LogP contribution in [0.4, 0.5) is 10.5 Å². The normalized spacial score (nSPS) is 9.80. The Morgan fingerprint density at radius 2 is 2.40 bits per heavy atom. The number of nitrogens with one attached hydrogen (secondary N) is 2. The van der Waals surface area contributed by atoms with Crippen LogP contribution >= 0.6 is 11.3 Å². The number of benzene rings is 1. The molecular weight excluding hydrogens is 274 g/mol. The van der Waals surface area contributed by atoms with Crippen LogP contribution in [0, 0.1) is 0 Å². The first kappa shape index (κ1) is 14.1. The number of aromatic nitrogens is 1. The number of carbonyl (C=O) groups excluding carboxylic acids is 1. The molecule has 0 radical (unpaired) electrons. The number of hydrogen-bond donors (Lipinski definition) is 2. The van der Waals surface area contributed by atoms with Gasteiger partial charge >= 0.3 is 6.03 Å². The van der Waals surface area contributed by atoms with E-state index in [4.69, 9.17) is 4.74 Å². The van der Waals surface area contributed by atoms with Gasteiger partial charge in [0.1, 0.15) is 12.4 Å². The number of hydrogen-bond acceptors (Lipinski definition) is 4. The van der Waals surface area contributed by atoms with Crippen LogP contribution in [0.5, 0.6) is 5.75 Å². The molecule has 1 aromatic carbocycles. The number of urea groups is 1. The van der Waals surface area contributed by atoms with Gasteiger partial charge in [0.25, 0.3) is 0 Å². The van der Waals surface area contributed by atoms with Crippen LogP contribution < -0.4 is 15.4 Å². The summed E-state index contributed by atoms with van der Waals surface area (Å²) in [6.45, 7) is 4.37. The Morgan fingerprint density at radius 1 is 1.50 bits per heavy atom. The molecule has 1 aromatic heterocycles. The van der Waals surface area contributed by atoms with E-state index in [2.05, 4.69) is 22.2 Å². The summed E-state index contributed by atoms with van der Waals surface area (Å²) in [4.78, 5) is 15.6. The van der Waals surface area contributed by atoms with Gasteiger partial charge in [0.2, 0.25) is 0 Å². The maximum absolute atomic E-state index is 11.5. The van der Waals surface area contributed by atoms with Crippen molar-refractivity contribution in [1.82, 2.24) is 10.3 Å². The Labute approximate surface area is 121 Å². The lowest BCUT2D eigenvalue weighted by Crippen LogP contribution is -2.28. The summed E-state index contributed by atoms with van der Waals surface area (Å²) >= 11 is 1.53. The van der Waals surface area contributed by atoms with Crippen molar-refractivity contribution >= 4 is 23.1 Å². The van der Waals surface area contributed by atoms with Crippen LogP contribution in [-0.4, -0.2) is 17.6 Å². The van der Waals surface area contributed by atoms with Gasteiger partial charge in [-0.2, -0.15) is 0 Å². The molecule has 5 nitrogen and oxygen atoms in total. The fraction of sp³-hybridized carbons (Fsp3) is 0.143. The number of amides is 2. The largest absolute Gasteiger partial charge is 0.487 e. The number of nitrogens with zero attached hydrogens (tertiary/aromatic N) is 1. The highest BCUT2D eigenvalue weighted by Crippen LogP contribution is 2.18. The number of anilines is 1. The predicted molar refractivity (Wildman–Crippen MR) is 80.1 cm³/mol. The monoisotopic (exact) mass is 289 g/mol. The van der Waals surface area contributed by atoms with Gasteiger partial charge in [0.15, 0.2) is 0 Å². The fourth-order valence-electron chi connectivity index (χ4n) is 1.47. The molecule has 2 rings (SSSR count). The molecule has 0 aliphatic heterocycles. The van der Waals surface area contributed by atoms with Gasteiger partial charge in [-0.3, -0.25) is 0 Å². The van der Waals surface area contributed by atoms with Crippen molar-refractivity contribution in [3.05, 3.63) is 53.5 Å². The van der Waals surface area contributed by atoms with Crippen molar-refractivity contribution in [3.63, 3.8) is 0 Å². The quantitative estimate of drug-likeness (QED) is 0.803. The second-order valence-electron chi connectivity index (χ2n) is 3.92. The summed E-state index contributed by atoms with van der Waals surface area (Å²) in [5.74, 6) is 0.680. The van der Waals surface area contributed by atoms with Gasteiger partial charge in [-0.25, -0.2) is 9.78 Å². The van der Waals surface area contributed by atoms with E-state index in [0.717, 1.165) is 5.69 Å². The number of carbonyl (C=O) groups is 1. The van der Waals surface area contributed by atoms with Crippen molar-refractivity contribution in [2.24, 2.45) is 0 Å². The van der Waals surface area contributed by atoms with Crippen LogP contribution in [0.1, 0.15) is 5.69 Å². The lowest BCUT2D eigenvalue weighted by molar-refractivity contribution is 0.253. The maximum Gasteiger partial charge on any atom is 0.319 e. The van der Waals surface area contributed by atoms with Gasteiger partial charge < -0.3 is 15.4 Å². The van der Waals surface area contributed by atoms with E-state index in [1.54, 1.807) is 23.7 Å². The van der Waals surface area contributed by atoms with Crippen molar-refractivity contribution < 1.29 is 9.53 Å². The molecule has 2 amide bonds. The van der Waals surface area contributed by atoms with E-state index in [9.17, 15) is 4.79 Å². The second-order valence-corrected chi connectivity index (χ2v) is 4.64. The number of thiazole rings is 1. The van der Waals surface area contributed by atoms with E-state index in [-0.39, 0.29) is 6.03 Å². The molecule has 0 bridgehead atoms. The molecule has 2 N–H and O–H groups in total. The third-order valence-electron chi connectivity index (χ3n) is 2.37. The summed E-state index contributed by atoms with van der Waals surface area (Å²) in [5.41, 5.74) is 3.32.